The molecular weight excluding hydrogens is 720 g/mol. The van der Waals surface area contributed by atoms with E-state index in [9.17, 15) is 28.8 Å². The minimum Gasteiger partial charge on any atom is -0.494 e. The number of benzene rings is 3. The lowest BCUT2D eigenvalue weighted by Crippen LogP contribution is -2.21. The lowest BCUT2D eigenvalue weighted by atomic mass is 10.0. The molecule has 0 radical (unpaired) electrons. The Balaban J connectivity index is 1.46. The zero-order valence-corrected chi connectivity index (χ0v) is 29.5. The van der Waals surface area contributed by atoms with Crippen molar-refractivity contribution < 1.29 is 86.5 Å². The van der Waals surface area contributed by atoms with Crippen LogP contribution in [0.15, 0.2) is 72.8 Å². The third kappa shape index (κ3) is 15.3. The number of hydrogen-bond acceptors (Lipinski definition) is 18. The maximum absolute atomic E-state index is 12.2. The second-order valence-electron chi connectivity index (χ2n) is 10.4. The van der Waals surface area contributed by atoms with E-state index in [1.165, 1.54) is 72.8 Å². The summed E-state index contributed by atoms with van der Waals surface area (Å²) in [5.74, 6) is -2.05. The number of ether oxygens (including phenoxy) is 6. The van der Waals surface area contributed by atoms with Crippen LogP contribution in [-0.4, -0.2) is 76.0 Å². The van der Waals surface area contributed by atoms with Gasteiger partial charge in [-0.3, -0.25) is 0 Å². The molecule has 3 rings (SSSR count). The third-order valence-corrected chi connectivity index (χ3v) is 6.69. The molecule has 0 bridgehead atoms. The number of carbonyl (C=O) groups excluding carboxylic acids is 6. The van der Waals surface area contributed by atoms with E-state index in [1.807, 2.05) is 0 Å². The van der Waals surface area contributed by atoms with Gasteiger partial charge >= 0.3 is 36.4 Å². The highest BCUT2D eigenvalue weighted by molar-refractivity contribution is 5.90. The average molecular weight is 759 g/mol. The van der Waals surface area contributed by atoms with Crippen LogP contribution in [0.5, 0.6) is 17.2 Å². The first-order valence-electron chi connectivity index (χ1n) is 16.5. The highest BCUT2D eigenvalue weighted by Gasteiger charge is 2.20. The molecule has 0 amide bonds. The lowest BCUT2D eigenvalue weighted by molar-refractivity contribution is -0.206. The van der Waals surface area contributed by atoms with Gasteiger partial charge in [-0.2, -0.15) is 14.4 Å². The maximum atomic E-state index is 12.2. The highest BCUT2D eigenvalue weighted by Crippen LogP contribution is 2.17. The van der Waals surface area contributed by atoms with Gasteiger partial charge in [0, 0.05) is 0 Å². The molecule has 0 atom stereocenters. The van der Waals surface area contributed by atoms with Gasteiger partial charge in [-0.1, -0.05) is 0 Å². The number of carbonyl (C=O) groups is 6. The lowest BCUT2D eigenvalue weighted by Gasteiger charge is -2.16. The maximum Gasteiger partial charge on any atom is 0.549 e. The van der Waals surface area contributed by atoms with E-state index < -0.39 is 48.9 Å². The predicted octanol–water partition coefficient (Wildman–Crippen LogP) is 6.35. The second-order valence-corrected chi connectivity index (χ2v) is 10.4. The van der Waals surface area contributed by atoms with Crippen LogP contribution in [0.1, 0.15) is 64.7 Å². The summed E-state index contributed by atoms with van der Waals surface area (Å²) < 4.78 is 30.7. The molecule has 18 nitrogen and oxygen atoms in total. The summed E-state index contributed by atoms with van der Waals surface area (Å²) in [6.45, 7) is 5.58. The van der Waals surface area contributed by atoms with Crippen molar-refractivity contribution in [3.05, 3.63) is 89.5 Å². The molecule has 290 valence electrons. The first-order chi connectivity index (χ1) is 26.1. The second kappa shape index (κ2) is 23.0. The minimum atomic E-state index is -1.39. The Morgan fingerprint density at radius 2 is 0.722 bits per heavy atom. The molecule has 0 spiro atoms. The zero-order valence-electron chi connectivity index (χ0n) is 29.5. The first-order valence-corrected chi connectivity index (χ1v) is 16.5. The molecule has 54 heavy (non-hydrogen) atoms. The smallest absolute Gasteiger partial charge is 0.494 e. The molecule has 0 saturated heterocycles. The molecule has 0 aromatic heterocycles. The predicted molar refractivity (Wildman–Crippen MR) is 179 cm³/mol. The topological polar surface area (TPSA) is 213 Å². The standard InChI is InChI=1S/C36H38O18/c1-4-43-28-13-7-25(8-14-28)31(37)49-52-34(40)46-21-19-24(23-48-36(42)54-51-33(39)27-11-17-30(18-12-27)45-6-3)20-22-47-35(41)53-50-32(38)26-9-15-29(16-10-26)44-5-2/h7-18,24H,4-6,19-23H2,1-3H3. The van der Waals surface area contributed by atoms with Crippen LogP contribution >= 0.6 is 0 Å². The molecule has 0 aliphatic carbocycles. The molecule has 0 aliphatic heterocycles. The van der Waals surface area contributed by atoms with Crippen molar-refractivity contribution >= 4 is 36.4 Å². The molecule has 0 N–H and O–H groups in total. The molecule has 18 heteroatoms. The van der Waals surface area contributed by atoms with Crippen molar-refractivity contribution in [2.75, 3.05) is 39.6 Å². The van der Waals surface area contributed by atoms with E-state index in [4.69, 9.17) is 28.4 Å². The van der Waals surface area contributed by atoms with Gasteiger partial charge in [0.1, 0.15) is 17.2 Å². The Bertz CT molecular complexity index is 1570. The van der Waals surface area contributed by atoms with Crippen LogP contribution < -0.4 is 14.2 Å². The Morgan fingerprint density at radius 1 is 0.426 bits per heavy atom. The van der Waals surface area contributed by atoms with Crippen LogP contribution in [0.3, 0.4) is 0 Å². The molecule has 0 unspecified atom stereocenters. The van der Waals surface area contributed by atoms with E-state index >= 15 is 0 Å². The minimum absolute atomic E-state index is 0.0215. The molecule has 0 heterocycles. The fraction of sp³-hybridized carbons (Fsp3) is 0.333. The summed E-state index contributed by atoms with van der Waals surface area (Å²) in [4.78, 5) is 99.4. The van der Waals surface area contributed by atoms with Gasteiger partial charge < -0.3 is 28.4 Å². The van der Waals surface area contributed by atoms with Crippen LogP contribution in [0.4, 0.5) is 14.4 Å². The fourth-order valence-corrected chi connectivity index (χ4v) is 4.11. The van der Waals surface area contributed by atoms with Crippen LogP contribution in [0.2, 0.25) is 0 Å². The highest BCUT2D eigenvalue weighted by atomic mass is 17.2. The van der Waals surface area contributed by atoms with E-state index in [2.05, 4.69) is 29.3 Å². The van der Waals surface area contributed by atoms with Gasteiger partial charge in [0.15, 0.2) is 0 Å². The summed E-state index contributed by atoms with van der Waals surface area (Å²) >= 11 is 0. The fourth-order valence-electron chi connectivity index (χ4n) is 4.11. The van der Waals surface area contributed by atoms with E-state index in [0.717, 1.165) is 0 Å². The third-order valence-electron chi connectivity index (χ3n) is 6.69. The van der Waals surface area contributed by atoms with Crippen molar-refractivity contribution in [2.45, 2.75) is 33.6 Å². The van der Waals surface area contributed by atoms with Crippen molar-refractivity contribution in [1.82, 2.24) is 0 Å². The molecular formula is C36H38O18. The Hall–Kier alpha value is -6.72. The molecule has 0 saturated carbocycles. The van der Waals surface area contributed by atoms with Crippen LogP contribution in [-0.2, 0) is 43.5 Å². The molecule has 0 fully saturated rings. The molecule has 3 aromatic rings. The molecule has 3 aromatic carbocycles. The summed E-state index contributed by atoms with van der Waals surface area (Å²) in [7, 11) is 0. The van der Waals surface area contributed by atoms with Gasteiger partial charge in [0.25, 0.3) is 0 Å². The van der Waals surface area contributed by atoms with Gasteiger partial charge in [0.2, 0.25) is 0 Å². The van der Waals surface area contributed by atoms with Gasteiger partial charge in [-0.15, -0.1) is 0 Å². The Morgan fingerprint density at radius 3 is 1.02 bits per heavy atom. The summed E-state index contributed by atoms with van der Waals surface area (Å²) in [5.41, 5.74) is 0.211. The van der Waals surface area contributed by atoms with E-state index in [1.54, 1.807) is 20.8 Å². The average Bonchev–Trinajstić information content (AvgIpc) is 3.18. The van der Waals surface area contributed by atoms with Crippen molar-refractivity contribution in [2.24, 2.45) is 5.92 Å². The monoisotopic (exact) mass is 758 g/mol. The number of rotatable bonds is 17. The van der Waals surface area contributed by atoms with Crippen molar-refractivity contribution in [1.29, 1.82) is 0 Å². The summed E-state index contributed by atoms with van der Waals surface area (Å²) in [6.07, 6.45) is -4.15. The zero-order chi connectivity index (χ0) is 39.1. The number of hydrogen-bond donors (Lipinski definition) is 0. The van der Waals surface area contributed by atoms with Crippen molar-refractivity contribution in [3.63, 3.8) is 0 Å². The Kier molecular flexibility index (Phi) is 17.7. The van der Waals surface area contributed by atoms with E-state index in [0.29, 0.717) is 37.1 Å². The SMILES string of the molecule is CCOc1ccc(C(=O)OOC(=O)OCCC(CCOC(=O)OOC(=O)c2ccc(OCC)cc2)COC(=O)OOC(=O)c2ccc(OCC)cc2)cc1. The van der Waals surface area contributed by atoms with Crippen LogP contribution in [0.25, 0.3) is 0 Å². The first kappa shape index (κ1) is 41.7. The van der Waals surface area contributed by atoms with E-state index in [-0.39, 0.29) is 42.7 Å². The quantitative estimate of drug-likeness (QED) is 0.0634. The normalized spacial score (nSPS) is 10.2. The van der Waals surface area contributed by atoms with Gasteiger partial charge in [-0.25, -0.2) is 43.7 Å². The van der Waals surface area contributed by atoms with Crippen molar-refractivity contribution in [3.8, 4) is 17.2 Å². The van der Waals surface area contributed by atoms with Crippen LogP contribution in [0, 0.1) is 5.92 Å². The van der Waals surface area contributed by atoms with Gasteiger partial charge in [0.05, 0.1) is 56.3 Å². The molecule has 0 aliphatic rings. The van der Waals surface area contributed by atoms with Gasteiger partial charge in [-0.05, 0) is 112 Å². The largest absolute Gasteiger partial charge is 0.549 e. The summed E-state index contributed by atoms with van der Waals surface area (Å²) in [6, 6.07) is 17.6. The Labute approximate surface area is 308 Å². The summed E-state index contributed by atoms with van der Waals surface area (Å²) in [5, 5.41) is 0.